The van der Waals surface area contributed by atoms with Gasteiger partial charge in [0.1, 0.15) is 11.7 Å². The molecule has 3 N–H and O–H groups in total. The second kappa shape index (κ2) is 10.5. The number of ether oxygens (including phenoxy) is 1. The predicted octanol–water partition coefficient (Wildman–Crippen LogP) is 0.177. The first kappa shape index (κ1) is 24.6. The van der Waals surface area contributed by atoms with Gasteiger partial charge in [-0.3, -0.25) is 19.4 Å². The number of carboxylic acids is 1. The van der Waals surface area contributed by atoms with Crippen LogP contribution >= 0.6 is 0 Å². The predicted molar refractivity (Wildman–Crippen MR) is 127 cm³/mol. The van der Waals surface area contributed by atoms with Crippen LogP contribution in [0.25, 0.3) is 0 Å². The Labute approximate surface area is 209 Å². The maximum Gasteiger partial charge on any atom is 0.326 e. The van der Waals surface area contributed by atoms with Crippen LogP contribution in [0, 0.1) is 23.7 Å². The number of hydrogen-bond acceptors (Lipinski definition) is 8. The highest BCUT2D eigenvalue weighted by molar-refractivity contribution is 5.98. The van der Waals surface area contributed by atoms with Crippen molar-refractivity contribution in [2.75, 3.05) is 39.3 Å². The van der Waals surface area contributed by atoms with Gasteiger partial charge in [-0.1, -0.05) is 0 Å². The summed E-state index contributed by atoms with van der Waals surface area (Å²) >= 11 is 0. The number of fused-ring (bicyclic) bond motifs is 6. The van der Waals surface area contributed by atoms with Gasteiger partial charge < -0.3 is 30.3 Å². The quantitative estimate of drug-likeness (QED) is 0.320. The van der Waals surface area contributed by atoms with Gasteiger partial charge in [-0.2, -0.15) is 0 Å². The molecule has 2 unspecified atom stereocenters. The van der Waals surface area contributed by atoms with E-state index in [2.05, 4.69) is 25.4 Å². The lowest BCUT2D eigenvalue weighted by Gasteiger charge is -2.46. The number of aliphatic carboxylic acids is 1. The van der Waals surface area contributed by atoms with Gasteiger partial charge in [-0.25, -0.2) is 4.79 Å². The third-order valence-corrected chi connectivity index (χ3v) is 8.52. The van der Waals surface area contributed by atoms with E-state index in [0.29, 0.717) is 24.9 Å². The molecule has 0 spiro atoms. The number of aromatic nitrogens is 1. The van der Waals surface area contributed by atoms with E-state index < -0.39 is 30.1 Å². The van der Waals surface area contributed by atoms with Crippen molar-refractivity contribution in [3.8, 4) is 0 Å². The topological polar surface area (TPSA) is 141 Å². The molecule has 0 radical (unpaired) electrons. The Morgan fingerprint density at radius 3 is 2.03 bits per heavy atom. The molecule has 7 heterocycles. The van der Waals surface area contributed by atoms with Crippen molar-refractivity contribution in [1.29, 1.82) is 0 Å². The molecule has 1 aromatic heterocycles. The molecule has 7 rings (SSSR count). The largest absolute Gasteiger partial charge is 0.480 e. The zero-order chi connectivity index (χ0) is 25.2. The first-order valence-electron chi connectivity index (χ1n) is 12.8. The molecule has 6 saturated heterocycles. The monoisotopic (exact) mass is 499 g/mol. The van der Waals surface area contributed by atoms with Gasteiger partial charge in [0.2, 0.25) is 0 Å². The minimum atomic E-state index is -1.04. The number of carbonyl (C=O) groups excluding carboxylic acids is 3. The van der Waals surface area contributed by atoms with Crippen LogP contribution in [0.2, 0.25) is 0 Å². The third-order valence-electron chi connectivity index (χ3n) is 8.52. The molecule has 4 atom stereocenters. The molecule has 0 saturated carbocycles. The van der Waals surface area contributed by atoms with Crippen LogP contribution in [0.15, 0.2) is 18.3 Å². The Morgan fingerprint density at radius 1 is 0.944 bits per heavy atom. The van der Waals surface area contributed by atoms with E-state index in [0.717, 1.165) is 58.4 Å². The molecule has 194 valence electrons. The van der Waals surface area contributed by atoms with Crippen molar-refractivity contribution < 1.29 is 29.0 Å². The Bertz CT molecular complexity index is 987. The zero-order valence-electron chi connectivity index (χ0n) is 20.2. The van der Waals surface area contributed by atoms with Crippen LogP contribution in [-0.4, -0.2) is 95.7 Å². The minimum absolute atomic E-state index is 0.0195. The van der Waals surface area contributed by atoms with Crippen LogP contribution < -0.4 is 10.6 Å². The van der Waals surface area contributed by atoms with Gasteiger partial charge in [0.25, 0.3) is 18.3 Å². The van der Waals surface area contributed by atoms with Crippen molar-refractivity contribution in [3.63, 3.8) is 0 Å². The van der Waals surface area contributed by atoms with Crippen LogP contribution in [0.4, 0.5) is 0 Å². The summed E-state index contributed by atoms with van der Waals surface area (Å²) in [7, 11) is 0. The fourth-order valence-electron chi connectivity index (χ4n) is 6.49. The molecule has 0 aromatic carbocycles. The number of nitrogens with zero attached hydrogens (tertiary/aromatic N) is 3. The van der Waals surface area contributed by atoms with Crippen molar-refractivity contribution in [2.45, 2.75) is 38.0 Å². The molecule has 6 aliphatic heterocycles. The number of hydrogen-bond donors (Lipinski definition) is 3. The van der Waals surface area contributed by atoms with Crippen molar-refractivity contribution >= 4 is 24.3 Å². The number of amides is 2. The second-order valence-corrected chi connectivity index (χ2v) is 10.5. The number of rotatable bonds is 9. The molecule has 2 amide bonds. The summed E-state index contributed by atoms with van der Waals surface area (Å²) in [6, 6.07) is 1.90. The van der Waals surface area contributed by atoms with Crippen LogP contribution in [0.3, 0.4) is 0 Å². The first-order chi connectivity index (χ1) is 17.4. The lowest BCUT2D eigenvalue weighted by molar-refractivity contribution is -0.143. The highest BCUT2D eigenvalue weighted by Crippen LogP contribution is 2.35. The van der Waals surface area contributed by atoms with Gasteiger partial charge in [0.15, 0.2) is 6.23 Å². The third kappa shape index (κ3) is 5.08. The van der Waals surface area contributed by atoms with Gasteiger partial charge in [0.05, 0.1) is 5.56 Å². The fraction of sp³-hybridized carbons (Fsp3) is 0.640. The number of carbonyl (C=O) groups is 4. The summed E-state index contributed by atoms with van der Waals surface area (Å²) in [6.45, 7) is 5.80. The molecule has 11 nitrogen and oxygen atoms in total. The van der Waals surface area contributed by atoms with E-state index in [4.69, 9.17) is 4.74 Å². The SMILES string of the molecule is O=COC(NC(=O)c1ccc(C(=O)NC(C(=O)O)[C@H]2CN3CCC2CC3)cn1)[C@H]1CN2CCC1CC2. The lowest BCUT2D eigenvalue weighted by atomic mass is 9.75. The molecule has 0 aliphatic carbocycles. The highest BCUT2D eigenvalue weighted by Gasteiger charge is 2.43. The van der Waals surface area contributed by atoms with E-state index in [-0.39, 0.29) is 23.1 Å². The highest BCUT2D eigenvalue weighted by atomic mass is 16.5. The summed E-state index contributed by atoms with van der Waals surface area (Å²) < 4.78 is 5.24. The Hall–Kier alpha value is -3.05. The average molecular weight is 500 g/mol. The van der Waals surface area contributed by atoms with E-state index in [1.807, 2.05) is 0 Å². The zero-order valence-corrected chi connectivity index (χ0v) is 20.2. The molecule has 11 heteroatoms. The Morgan fingerprint density at radius 2 is 1.56 bits per heavy atom. The minimum Gasteiger partial charge on any atom is -0.480 e. The second-order valence-electron chi connectivity index (χ2n) is 10.5. The number of nitrogens with one attached hydrogen (secondary N) is 2. The molecular formula is C25H33N5O6. The molecule has 36 heavy (non-hydrogen) atoms. The van der Waals surface area contributed by atoms with Gasteiger partial charge >= 0.3 is 5.97 Å². The van der Waals surface area contributed by atoms with E-state index >= 15 is 0 Å². The summed E-state index contributed by atoms with van der Waals surface area (Å²) in [5.41, 5.74) is 0.261. The molecular weight excluding hydrogens is 466 g/mol. The van der Waals surface area contributed by atoms with E-state index in [1.54, 1.807) is 0 Å². The summed E-state index contributed by atoms with van der Waals surface area (Å²) in [5, 5.41) is 15.3. The van der Waals surface area contributed by atoms with Gasteiger partial charge in [-0.05, 0) is 75.8 Å². The summed E-state index contributed by atoms with van der Waals surface area (Å²) in [4.78, 5) is 57.4. The first-order valence-corrected chi connectivity index (χ1v) is 12.8. The molecule has 1 aromatic rings. The van der Waals surface area contributed by atoms with E-state index in [9.17, 15) is 24.3 Å². The smallest absolute Gasteiger partial charge is 0.326 e. The Balaban J connectivity index is 1.21. The maximum absolute atomic E-state index is 12.8. The van der Waals surface area contributed by atoms with Gasteiger partial charge in [0, 0.05) is 31.1 Å². The van der Waals surface area contributed by atoms with Crippen molar-refractivity contribution in [1.82, 2.24) is 25.4 Å². The summed E-state index contributed by atoms with van der Waals surface area (Å²) in [5.74, 6) is -1.51. The van der Waals surface area contributed by atoms with E-state index in [1.165, 1.54) is 18.3 Å². The van der Waals surface area contributed by atoms with Crippen LogP contribution in [-0.2, 0) is 14.3 Å². The number of piperidine rings is 6. The van der Waals surface area contributed by atoms with Crippen molar-refractivity contribution in [3.05, 3.63) is 29.6 Å². The van der Waals surface area contributed by atoms with Crippen LogP contribution in [0.1, 0.15) is 46.5 Å². The summed E-state index contributed by atoms with van der Waals surface area (Å²) in [6.07, 6.45) is 4.44. The lowest BCUT2D eigenvalue weighted by Crippen LogP contribution is -2.57. The van der Waals surface area contributed by atoms with Crippen LogP contribution in [0.5, 0.6) is 0 Å². The maximum atomic E-state index is 12.8. The fourth-order valence-corrected chi connectivity index (χ4v) is 6.49. The molecule has 4 bridgehead atoms. The number of pyridine rings is 1. The van der Waals surface area contributed by atoms with Crippen molar-refractivity contribution in [2.24, 2.45) is 23.7 Å². The normalized spacial score (nSPS) is 32.2. The number of carboxylic acid groups (broad SMARTS) is 1. The Kier molecular flexibility index (Phi) is 7.20. The molecule has 6 fully saturated rings. The molecule has 6 aliphatic rings. The van der Waals surface area contributed by atoms with Gasteiger partial charge in [-0.15, -0.1) is 0 Å². The standard InChI is InChI=1S/C25H33N5O6/c31-14-36-24(19-13-30-9-5-16(19)6-10-30)28-23(33)20-2-1-17(11-26-20)22(32)27-21(25(34)35)18-12-29-7-3-15(18)4-8-29/h1-2,11,14-16,18-19,21,24H,3-10,12-13H2,(H,27,32)(H,28,33)(H,34,35)/t18-,19-,21?,24?/m0/s1. The average Bonchev–Trinajstić information content (AvgIpc) is 2.92.